The summed E-state index contributed by atoms with van der Waals surface area (Å²) in [7, 11) is 1.34. The summed E-state index contributed by atoms with van der Waals surface area (Å²) >= 11 is 1.19. The fourth-order valence-electron chi connectivity index (χ4n) is 3.28. The van der Waals surface area contributed by atoms with Gasteiger partial charge in [-0.15, -0.1) is 0 Å². The lowest BCUT2D eigenvalue weighted by Crippen LogP contribution is -2.24. The van der Waals surface area contributed by atoms with Crippen molar-refractivity contribution in [1.82, 2.24) is 14.5 Å². The predicted octanol–water partition coefficient (Wildman–Crippen LogP) is 3.92. The number of fused-ring (bicyclic) bond motifs is 3. The number of aromatic nitrogens is 3. The SMILES string of the molecule is CCOc1ccc(-n2c(S[C@H](C)C(=O)OC)nc3c([nH]c4ccccc43)c2=O)cc1. The van der Waals surface area contributed by atoms with Crippen LogP contribution in [0.5, 0.6) is 5.75 Å². The van der Waals surface area contributed by atoms with Gasteiger partial charge in [-0.1, -0.05) is 30.0 Å². The summed E-state index contributed by atoms with van der Waals surface area (Å²) in [5.74, 6) is 0.331. The number of hydrogen-bond donors (Lipinski definition) is 1. The van der Waals surface area contributed by atoms with Gasteiger partial charge in [-0.25, -0.2) is 4.98 Å². The highest BCUT2D eigenvalue weighted by Crippen LogP contribution is 2.29. The molecule has 0 amide bonds. The van der Waals surface area contributed by atoms with E-state index in [0.717, 1.165) is 10.9 Å². The fourth-order valence-corrected chi connectivity index (χ4v) is 4.23. The molecule has 0 unspecified atom stereocenters. The minimum Gasteiger partial charge on any atom is -0.494 e. The van der Waals surface area contributed by atoms with Crippen molar-refractivity contribution in [3.8, 4) is 11.4 Å². The number of carbonyl (C=O) groups excluding carboxylic acids is 1. The molecule has 1 atom stereocenters. The topological polar surface area (TPSA) is 86.2 Å². The maximum atomic E-state index is 13.5. The predicted molar refractivity (Wildman–Crippen MR) is 118 cm³/mol. The van der Waals surface area contributed by atoms with Gasteiger partial charge in [0, 0.05) is 10.9 Å². The first-order valence-corrected chi connectivity index (χ1v) is 10.4. The van der Waals surface area contributed by atoms with Crippen molar-refractivity contribution in [3.63, 3.8) is 0 Å². The highest BCUT2D eigenvalue weighted by Gasteiger charge is 2.22. The molecule has 0 fully saturated rings. The summed E-state index contributed by atoms with van der Waals surface area (Å²) in [5, 5.41) is 0.744. The smallest absolute Gasteiger partial charge is 0.318 e. The van der Waals surface area contributed by atoms with Crippen molar-refractivity contribution in [1.29, 1.82) is 0 Å². The van der Waals surface area contributed by atoms with Gasteiger partial charge in [-0.05, 0) is 44.2 Å². The van der Waals surface area contributed by atoms with Gasteiger partial charge in [0.2, 0.25) is 0 Å². The molecule has 0 aliphatic carbocycles. The zero-order valence-electron chi connectivity index (χ0n) is 16.8. The van der Waals surface area contributed by atoms with E-state index in [4.69, 9.17) is 14.5 Å². The summed E-state index contributed by atoms with van der Waals surface area (Å²) < 4.78 is 11.9. The summed E-state index contributed by atoms with van der Waals surface area (Å²) in [6.07, 6.45) is 0. The number of rotatable bonds is 6. The fraction of sp³-hybridized carbons (Fsp3) is 0.227. The highest BCUT2D eigenvalue weighted by atomic mass is 32.2. The number of benzene rings is 2. The second kappa shape index (κ2) is 8.23. The molecule has 4 rings (SSSR count). The third kappa shape index (κ3) is 3.54. The Balaban J connectivity index is 1.94. The van der Waals surface area contributed by atoms with E-state index in [-0.39, 0.29) is 11.5 Å². The van der Waals surface area contributed by atoms with Crippen LogP contribution in [0, 0.1) is 0 Å². The van der Waals surface area contributed by atoms with Gasteiger partial charge in [0.1, 0.15) is 22.0 Å². The van der Waals surface area contributed by atoms with E-state index in [2.05, 4.69) is 4.98 Å². The van der Waals surface area contributed by atoms with Crippen molar-refractivity contribution in [3.05, 3.63) is 58.9 Å². The monoisotopic (exact) mass is 423 g/mol. The maximum absolute atomic E-state index is 13.5. The van der Waals surface area contributed by atoms with E-state index in [1.807, 2.05) is 31.2 Å². The molecule has 0 saturated carbocycles. The number of esters is 1. The molecule has 0 aliphatic rings. The molecule has 0 radical (unpaired) electrons. The Kier molecular flexibility index (Phi) is 5.50. The van der Waals surface area contributed by atoms with Gasteiger partial charge in [-0.2, -0.15) is 0 Å². The molecule has 2 aromatic heterocycles. The van der Waals surface area contributed by atoms with Crippen molar-refractivity contribution in [2.45, 2.75) is 24.3 Å². The van der Waals surface area contributed by atoms with Crippen molar-refractivity contribution in [2.24, 2.45) is 0 Å². The summed E-state index contributed by atoms with van der Waals surface area (Å²) in [5.41, 5.74) is 2.23. The van der Waals surface area contributed by atoms with Crippen LogP contribution in [0.4, 0.5) is 0 Å². The van der Waals surface area contributed by atoms with Gasteiger partial charge >= 0.3 is 5.97 Å². The first-order valence-electron chi connectivity index (χ1n) is 9.54. The molecule has 2 heterocycles. The summed E-state index contributed by atoms with van der Waals surface area (Å²) in [4.78, 5) is 33.4. The Morgan fingerprint density at radius 2 is 1.93 bits per heavy atom. The molecular formula is C22H21N3O4S. The quantitative estimate of drug-likeness (QED) is 0.287. The van der Waals surface area contributed by atoms with E-state index in [1.165, 1.54) is 23.4 Å². The van der Waals surface area contributed by atoms with Crippen molar-refractivity contribution < 1.29 is 14.3 Å². The minimum absolute atomic E-state index is 0.236. The Bertz CT molecular complexity index is 1280. The van der Waals surface area contributed by atoms with Crippen LogP contribution in [-0.2, 0) is 9.53 Å². The summed E-state index contributed by atoms with van der Waals surface area (Å²) in [6.45, 7) is 4.19. The number of thioether (sulfide) groups is 1. The molecule has 154 valence electrons. The molecule has 2 aromatic carbocycles. The first kappa shape index (κ1) is 20.0. The number of nitrogens with zero attached hydrogens (tertiary/aromatic N) is 2. The average molecular weight is 423 g/mol. The zero-order valence-corrected chi connectivity index (χ0v) is 17.7. The molecule has 30 heavy (non-hydrogen) atoms. The molecule has 1 N–H and O–H groups in total. The third-order valence-corrected chi connectivity index (χ3v) is 5.75. The van der Waals surface area contributed by atoms with Gasteiger partial charge in [0.25, 0.3) is 5.56 Å². The summed E-state index contributed by atoms with van der Waals surface area (Å²) in [6, 6.07) is 14.8. The van der Waals surface area contributed by atoms with Crippen LogP contribution in [0.2, 0.25) is 0 Å². The number of aromatic amines is 1. The first-order chi connectivity index (χ1) is 14.5. The number of methoxy groups -OCH3 is 1. The molecule has 7 nitrogen and oxygen atoms in total. The van der Waals surface area contributed by atoms with Gasteiger partial charge in [-0.3, -0.25) is 14.2 Å². The van der Waals surface area contributed by atoms with E-state index < -0.39 is 5.25 Å². The van der Waals surface area contributed by atoms with Crippen LogP contribution in [0.1, 0.15) is 13.8 Å². The van der Waals surface area contributed by atoms with Gasteiger partial charge in [0.15, 0.2) is 5.16 Å². The lowest BCUT2D eigenvalue weighted by atomic mass is 10.2. The number of nitrogens with one attached hydrogen (secondary N) is 1. The van der Waals surface area contributed by atoms with Crippen LogP contribution in [0.25, 0.3) is 27.6 Å². The van der Waals surface area contributed by atoms with E-state index in [1.54, 1.807) is 31.2 Å². The Hall–Kier alpha value is -3.26. The highest BCUT2D eigenvalue weighted by molar-refractivity contribution is 8.00. The van der Waals surface area contributed by atoms with Crippen LogP contribution in [0.15, 0.2) is 58.5 Å². The number of ether oxygens (including phenoxy) is 2. The molecule has 4 aromatic rings. The Morgan fingerprint density at radius 1 is 1.20 bits per heavy atom. The van der Waals surface area contributed by atoms with Crippen LogP contribution < -0.4 is 10.3 Å². The Morgan fingerprint density at radius 3 is 2.63 bits per heavy atom. The van der Waals surface area contributed by atoms with Crippen LogP contribution >= 0.6 is 11.8 Å². The van der Waals surface area contributed by atoms with Crippen LogP contribution in [-0.4, -0.2) is 39.5 Å². The molecule has 0 aliphatic heterocycles. The van der Waals surface area contributed by atoms with Crippen molar-refractivity contribution in [2.75, 3.05) is 13.7 Å². The lowest BCUT2D eigenvalue weighted by Gasteiger charge is -2.15. The molecular weight excluding hydrogens is 402 g/mol. The molecule has 0 bridgehead atoms. The number of H-pyrrole nitrogens is 1. The minimum atomic E-state index is -0.529. The average Bonchev–Trinajstić information content (AvgIpc) is 3.13. The largest absolute Gasteiger partial charge is 0.494 e. The lowest BCUT2D eigenvalue weighted by molar-refractivity contribution is -0.139. The number of carbonyl (C=O) groups is 1. The second-order valence-electron chi connectivity index (χ2n) is 6.64. The molecule has 8 heteroatoms. The van der Waals surface area contributed by atoms with Crippen molar-refractivity contribution >= 4 is 39.7 Å². The second-order valence-corrected chi connectivity index (χ2v) is 7.95. The third-order valence-electron chi connectivity index (χ3n) is 4.72. The maximum Gasteiger partial charge on any atom is 0.318 e. The number of para-hydroxylation sites is 1. The normalized spacial score (nSPS) is 12.2. The Labute approximate surface area is 177 Å². The van der Waals surface area contributed by atoms with Gasteiger partial charge < -0.3 is 14.5 Å². The number of hydrogen-bond acceptors (Lipinski definition) is 6. The molecule has 0 saturated heterocycles. The zero-order chi connectivity index (χ0) is 21.3. The van der Waals surface area contributed by atoms with Crippen LogP contribution in [0.3, 0.4) is 0 Å². The van der Waals surface area contributed by atoms with E-state index in [9.17, 15) is 9.59 Å². The van der Waals surface area contributed by atoms with Gasteiger partial charge in [0.05, 0.1) is 19.4 Å². The molecule has 0 spiro atoms. The standard InChI is InChI=1S/C22H21N3O4S/c1-4-29-15-11-9-14(10-12-15)25-20(26)19-18(16-7-5-6-8-17(16)23-19)24-22(25)30-13(2)21(27)28-3/h5-13,23H,4H2,1-3H3/t13-/m1/s1. The van der Waals surface area contributed by atoms with E-state index in [0.29, 0.717) is 34.2 Å². The van der Waals surface area contributed by atoms with E-state index >= 15 is 0 Å².